The minimum Gasteiger partial charge on any atom is -0.356 e. The molecule has 0 radical (unpaired) electrons. The molecule has 1 fully saturated rings. The lowest BCUT2D eigenvalue weighted by Gasteiger charge is -2.32. The van der Waals surface area contributed by atoms with Crippen LogP contribution in [0.3, 0.4) is 0 Å². The van der Waals surface area contributed by atoms with E-state index in [0.29, 0.717) is 5.92 Å². The number of thioether (sulfide) groups is 1. The Bertz CT molecular complexity index is 348. The van der Waals surface area contributed by atoms with Gasteiger partial charge in [0.05, 0.1) is 0 Å². The van der Waals surface area contributed by atoms with Crippen molar-refractivity contribution in [1.82, 2.24) is 9.97 Å². The molecule has 1 aliphatic rings. The fourth-order valence-corrected chi connectivity index (χ4v) is 2.64. The summed E-state index contributed by atoms with van der Waals surface area (Å²) in [6.45, 7) is 2.10. The molecule has 2 rings (SSSR count). The summed E-state index contributed by atoms with van der Waals surface area (Å²) >= 11 is 7.58. The van der Waals surface area contributed by atoms with Crippen LogP contribution in [0.25, 0.3) is 0 Å². The third kappa shape index (κ3) is 2.80. The lowest BCUT2D eigenvalue weighted by atomic mass is 10.0. The van der Waals surface area contributed by atoms with Crippen LogP contribution in [0.15, 0.2) is 17.4 Å². The quantitative estimate of drug-likeness (QED) is 0.473. The molecule has 0 bridgehead atoms. The molecule has 16 heavy (non-hydrogen) atoms. The molecule has 0 aromatic carbocycles. The van der Waals surface area contributed by atoms with Crippen molar-refractivity contribution < 1.29 is 0 Å². The van der Waals surface area contributed by atoms with Gasteiger partial charge in [-0.1, -0.05) is 0 Å². The first kappa shape index (κ1) is 12.0. The highest BCUT2D eigenvalue weighted by Gasteiger charge is 2.20. The number of piperidine rings is 1. The summed E-state index contributed by atoms with van der Waals surface area (Å²) in [5.74, 6) is 2.38. The predicted molar refractivity (Wildman–Crippen MR) is 69.5 cm³/mol. The summed E-state index contributed by atoms with van der Waals surface area (Å²) in [5.41, 5.74) is 0. The second kappa shape index (κ2) is 5.73. The Balaban J connectivity index is 2.10. The number of rotatable bonds is 3. The molecule has 0 N–H and O–H groups in total. The van der Waals surface area contributed by atoms with Crippen molar-refractivity contribution in [3.8, 4) is 0 Å². The van der Waals surface area contributed by atoms with E-state index in [0.717, 1.165) is 29.8 Å². The number of hydrogen-bond acceptors (Lipinski definition) is 4. The molecule has 5 heteroatoms. The van der Waals surface area contributed by atoms with E-state index in [1.807, 2.05) is 6.26 Å². The second-order valence-electron chi connectivity index (χ2n) is 4.03. The maximum atomic E-state index is 5.93. The van der Waals surface area contributed by atoms with Crippen molar-refractivity contribution in [3.05, 3.63) is 12.4 Å². The minimum absolute atomic E-state index is 0.600. The van der Waals surface area contributed by atoms with Gasteiger partial charge in [-0.05, 0) is 25.0 Å². The zero-order valence-corrected chi connectivity index (χ0v) is 11.0. The molecule has 0 spiro atoms. The molecule has 0 saturated carbocycles. The summed E-state index contributed by atoms with van der Waals surface area (Å²) in [6, 6.07) is 2.06. The Morgan fingerprint density at radius 2 is 2.44 bits per heavy atom. The third-order valence-corrected chi connectivity index (χ3v) is 3.98. The number of halogens is 1. The summed E-state index contributed by atoms with van der Waals surface area (Å²) in [4.78, 5) is 10.8. The van der Waals surface area contributed by atoms with E-state index in [-0.39, 0.29) is 0 Å². The number of hydrogen-bond donors (Lipinski definition) is 0. The van der Waals surface area contributed by atoms with Crippen LogP contribution >= 0.6 is 23.4 Å². The standard InChI is InChI=1S/C11H16ClN3S/c1-16-11-5-10(13-8-14-11)15-4-2-3-9(6-12)7-15/h5,8-9H,2-4,6-7H2,1H3. The first-order chi connectivity index (χ1) is 7.83. The molecule has 0 aliphatic carbocycles. The zero-order valence-electron chi connectivity index (χ0n) is 9.40. The van der Waals surface area contributed by atoms with Gasteiger partial charge in [-0.2, -0.15) is 0 Å². The van der Waals surface area contributed by atoms with E-state index in [2.05, 4.69) is 20.9 Å². The molecule has 88 valence electrons. The van der Waals surface area contributed by atoms with Gasteiger partial charge in [0.1, 0.15) is 17.2 Å². The minimum atomic E-state index is 0.600. The van der Waals surface area contributed by atoms with Crippen LogP contribution in [0.5, 0.6) is 0 Å². The lowest BCUT2D eigenvalue weighted by molar-refractivity contribution is 0.448. The predicted octanol–water partition coefficient (Wildman–Crippen LogP) is 2.65. The molecule has 3 nitrogen and oxygen atoms in total. The number of anilines is 1. The number of aromatic nitrogens is 2. The van der Waals surface area contributed by atoms with Crippen LogP contribution in [0.4, 0.5) is 5.82 Å². The van der Waals surface area contributed by atoms with Crippen LogP contribution in [0.2, 0.25) is 0 Å². The van der Waals surface area contributed by atoms with Crippen molar-refractivity contribution in [2.24, 2.45) is 5.92 Å². The van der Waals surface area contributed by atoms with Crippen molar-refractivity contribution in [1.29, 1.82) is 0 Å². The van der Waals surface area contributed by atoms with Gasteiger partial charge in [0.2, 0.25) is 0 Å². The second-order valence-corrected chi connectivity index (χ2v) is 5.16. The van der Waals surface area contributed by atoms with Crippen LogP contribution in [-0.2, 0) is 0 Å². The van der Waals surface area contributed by atoms with E-state index >= 15 is 0 Å². The molecule has 1 aliphatic heterocycles. The molecule has 1 saturated heterocycles. The Hall–Kier alpha value is -0.480. The SMILES string of the molecule is CSc1cc(N2CCCC(CCl)C2)ncn1. The van der Waals surface area contributed by atoms with E-state index < -0.39 is 0 Å². The average Bonchev–Trinajstić information content (AvgIpc) is 2.39. The van der Waals surface area contributed by atoms with E-state index in [1.165, 1.54) is 12.8 Å². The number of nitrogens with zero attached hydrogens (tertiary/aromatic N) is 3. The molecule has 1 aromatic heterocycles. The van der Waals surface area contributed by atoms with Crippen molar-refractivity contribution >= 4 is 29.2 Å². The molecular weight excluding hydrogens is 242 g/mol. The topological polar surface area (TPSA) is 29.0 Å². The average molecular weight is 258 g/mol. The van der Waals surface area contributed by atoms with Gasteiger partial charge in [0.25, 0.3) is 0 Å². The Morgan fingerprint density at radius 1 is 1.56 bits per heavy atom. The highest BCUT2D eigenvalue weighted by atomic mass is 35.5. The van der Waals surface area contributed by atoms with Crippen molar-refractivity contribution in [2.75, 3.05) is 30.1 Å². The van der Waals surface area contributed by atoms with Crippen LogP contribution in [0, 0.1) is 5.92 Å². The zero-order chi connectivity index (χ0) is 11.4. The first-order valence-electron chi connectivity index (χ1n) is 5.50. The molecule has 1 atom stereocenters. The van der Waals surface area contributed by atoms with Crippen molar-refractivity contribution in [2.45, 2.75) is 17.9 Å². The maximum absolute atomic E-state index is 5.93. The van der Waals surface area contributed by atoms with Gasteiger partial charge in [0, 0.05) is 25.0 Å². The highest BCUT2D eigenvalue weighted by Crippen LogP contribution is 2.24. The molecule has 1 aromatic rings. The lowest BCUT2D eigenvalue weighted by Crippen LogP contribution is -2.36. The fourth-order valence-electron chi connectivity index (χ4n) is 2.01. The summed E-state index contributed by atoms with van der Waals surface area (Å²) in [6.07, 6.45) is 6.12. The molecular formula is C11H16ClN3S. The summed E-state index contributed by atoms with van der Waals surface area (Å²) < 4.78 is 0. The van der Waals surface area contributed by atoms with Gasteiger partial charge in [0.15, 0.2) is 0 Å². The fraction of sp³-hybridized carbons (Fsp3) is 0.636. The van der Waals surface area contributed by atoms with Gasteiger partial charge in [-0.15, -0.1) is 23.4 Å². The normalized spacial score (nSPS) is 21.1. The Kier molecular flexibility index (Phi) is 4.29. The monoisotopic (exact) mass is 257 g/mol. The van der Waals surface area contributed by atoms with Gasteiger partial charge in [-0.25, -0.2) is 9.97 Å². The molecule has 1 unspecified atom stereocenters. The maximum Gasteiger partial charge on any atom is 0.133 e. The van der Waals surface area contributed by atoms with Crippen molar-refractivity contribution in [3.63, 3.8) is 0 Å². The Morgan fingerprint density at radius 3 is 3.19 bits per heavy atom. The summed E-state index contributed by atoms with van der Waals surface area (Å²) in [5, 5.41) is 1.03. The van der Waals surface area contributed by atoms with Crippen LogP contribution < -0.4 is 4.90 Å². The van der Waals surface area contributed by atoms with E-state index in [1.54, 1.807) is 18.1 Å². The first-order valence-corrected chi connectivity index (χ1v) is 7.26. The Labute approximate surface area is 106 Å². The van der Waals surface area contributed by atoms with E-state index in [4.69, 9.17) is 11.6 Å². The van der Waals surface area contributed by atoms with Gasteiger partial charge >= 0.3 is 0 Å². The van der Waals surface area contributed by atoms with Crippen LogP contribution in [0.1, 0.15) is 12.8 Å². The largest absolute Gasteiger partial charge is 0.356 e. The van der Waals surface area contributed by atoms with E-state index in [9.17, 15) is 0 Å². The number of alkyl halides is 1. The molecule has 2 heterocycles. The molecule has 0 amide bonds. The van der Waals surface area contributed by atoms with Gasteiger partial charge < -0.3 is 4.90 Å². The van der Waals surface area contributed by atoms with Gasteiger partial charge in [-0.3, -0.25) is 0 Å². The smallest absolute Gasteiger partial charge is 0.133 e. The third-order valence-electron chi connectivity index (χ3n) is 2.90. The van der Waals surface area contributed by atoms with Crippen LogP contribution in [-0.4, -0.2) is 35.2 Å². The highest BCUT2D eigenvalue weighted by molar-refractivity contribution is 7.98. The summed E-state index contributed by atoms with van der Waals surface area (Å²) in [7, 11) is 0.